The lowest BCUT2D eigenvalue weighted by Crippen LogP contribution is -2.82. The average Bonchev–Trinajstić information content (AvgIpc) is 2.97. The first kappa shape index (κ1) is 13.6. The van der Waals surface area contributed by atoms with Gasteiger partial charge in [0.1, 0.15) is 11.3 Å². The first-order valence-electron chi connectivity index (χ1n) is 7.19. The molecule has 3 unspecified atom stereocenters. The summed E-state index contributed by atoms with van der Waals surface area (Å²) in [6.45, 7) is 5.19. The van der Waals surface area contributed by atoms with Gasteiger partial charge in [-0.2, -0.15) is 0 Å². The Morgan fingerprint density at radius 2 is 2.35 bits per heavy atom. The minimum atomic E-state index is -0.856. The van der Waals surface area contributed by atoms with E-state index in [2.05, 4.69) is 5.32 Å². The van der Waals surface area contributed by atoms with Crippen molar-refractivity contribution >= 4 is 5.91 Å². The molecule has 2 aliphatic rings. The van der Waals surface area contributed by atoms with Crippen LogP contribution in [0.25, 0.3) is 0 Å². The second-order valence-corrected chi connectivity index (χ2v) is 6.39. The van der Waals surface area contributed by atoms with E-state index < -0.39 is 5.54 Å². The van der Waals surface area contributed by atoms with E-state index in [1.54, 1.807) is 12.3 Å². The van der Waals surface area contributed by atoms with Crippen LogP contribution in [0.2, 0.25) is 0 Å². The van der Waals surface area contributed by atoms with Crippen LogP contribution < -0.4 is 11.1 Å². The number of hydrogen-bond donors (Lipinski definition) is 2. The summed E-state index contributed by atoms with van der Waals surface area (Å²) in [4.78, 5) is 12.6. The van der Waals surface area contributed by atoms with Crippen LogP contribution in [0.3, 0.4) is 0 Å². The summed E-state index contributed by atoms with van der Waals surface area (Å²) in [5.41, 5.74) is 5.30. The third kappa shape index (κ3) is 1.73. The van der Waals surface area contributed by atoms with E-state index >= 15 is 0 Å². The van der Waals surface area contributed by atoms with Crippen molar-refractivity contribution in [2.45, 2.75) is 44.9 Å². The van der Waals surface area contributed by atoms with Gasteiger partial charge in [0.05, 0.1) is 18.9 Å². The SMILES string of the molecule is CC1(C)C2OCCCC2C1(N)C(=O)NCc1ccco1. The van der Waals surface area contributed by atoms with Gasteiger partial charge in [0.2, 0.25) is 5.91 Å². The van der Waals surface area contributed by atoms with E-state index in [0.717, 1.165) is 25.2 Å². The van der Waals surface area contributed by atoms with Crippen LogP contribution in [-0.2, 0) is 16.1 Å². The van der Waals surface area contributed by atoms with E-state index in [-0.39, 0.29) is 23.3 Å². The predicted molar refractivity (Wildman–Crippen MR) is 73.7 cm³/mol. The lowest BCUT2D eigenvalue weighted by Gasteiger charge is -2.65. The van der Waals surface area contributed by atoms with Crippen LogP contribution in [0.4, 0.5) is 0 Å². The summed E-state index contributed by atoms with van der Waals surface area (Å²) in [6.07, 6.45) is 3.62. The van der Waals surface area contributed by atoms with E-state index in [1.807, 2.05) is 19.9 Å². The summed E-state index contributed by atoms with van der Waals surface area (Å²) in [7, 11) is 0. The van der Waals surface area contributed by atoms with Crippen LogP contribution in [-0.4, -0.2) is 24.2 Å². The molecule has 2 heterocycles. The molecule has 1 saturated carbocycles. The number of fused-ring (bicyclic) bond motifs is 1. The second-order valence-electron chi connectivity index (χ2n) is 6.39. The van der Waals surface area contributed by atoms with Crippen molar-refractivity contribution < 1.29 is 13.9 Å². The summed E-state index contributed by atoms with van der Waals surface area (Å²) < 4.78 is 11.0. The quantitative estimate of drug-likeness (QED) is 0.876. The highest BCUT2D eigenvalue weighted by Gasteiger charge is 2.70. The van der Waals surface area contributed by atoms with Gasteiger partial charge in [-0.1, -0.05) is 13.8 Å². The molecule has 3 rings (SSSR count). The van der Waals surface area contributed by atoms with Crippen molar-refractivity contribution in [3.63, 3.8) is 0 Å². The third-order valence-electron chi connectivity index (χ3n) is 5.06. The molecule has 5 heteroatoms. The molecule has 1 aromatic heterocycles. The molecule has 3 atom stereocenters. The zero-order valence-electron chi connectivity index (χ0n) is 12.0. The molecule has 0 spiro atoms. The molecule has 1 saturated heterocycles. The van der Waals surface area contributed by atoms with Crippen molar-refractivity contribution in [1.82, 2.24) is 5.32 Å². The monoisotopic (exact) mass is 278 g/mol. The Morgan fingerprint density at radius 1 is 1.55 bits per heavy atom. The molecule has 1 aliphatic carbocycles. The van der Waals surface area contributed by atoms with Crippen LogP contribution in [0.5, 0.6) is 0 Å². The van der Waals surface area contributed by atoms with E-state index in [1.165, 1.54) is 0 Å². The van der Waals surface area contributed by atoms with Crippen LogP contribution in [0.15, 0.2) is 22.8 Å². The fourth-order valence-corrected chi connectivity index (χ4v) is 3.76. The minimum absolute atomic E-state index is 0.0932. The molecule has 0 radical (unpaired) electrons. The smallest absolute Gasteiger partial charge is 0.241 e. The van der Waals surface area contributed by atoms with Gasteiger partial charge < -0.3 is 20.2 Å². The number of nitrogens with one attached hydrogen (secondary N) is 1. The highest BCUT2D eigenvalue weighted by atomic mass is 16.5. The van der Waals surface area contributed by atoms with E-state index in [4.69, 9.17) is 14.9 Å². The number of carbonyl (C=O) groups is 1. The van der Waals surface area contributed by atoms with E-state index in [0.29, 0.717) is 6.54 Å². The van der Waals surface area contributed by atoms with E-state index in [9.17, 15) is 4.79 Å². The normalized spacial score (nSPS) is 35.0. The number of hydrogen-bond acceptors (Lipinski definition) is 4. The predicted octanol–water partition coefficient (Wildman–Crippen LogP) is 1.43. The van der Waals surface area contributed by atoms with Crippen LogP contribution >= 0.6 is 0 Å². The molecule has 0 bridgehead atoms. The Balaban J connectivity index is 1.72. The van der Waals surface area contributed by atoms with Gasteiger partial charge in [-0.05, 0) is 25.0 Å². The van der Waals surface area contributed by atoms with Crippen molar-refractivity contribution in [2.24, 2.45) is 17.1 Å². The second kappa shape index (κ2) is 4.60. The van der Waals surface area contributed by atoms with Crippen molar-refractivity contribution in [2.75, 3.05) is 6.61 Å². The molecule has 1 aromatic rings. The Bertz CT molecular complexity index is 497. The molecular weight excluding hydrogens is 256 g/mol. The van der Waals surface area contributed by atoms with Crippen LogP contribution in [0.1, 0.15) is 32.4 Å². The molecule has 3 N–H and O–H groups in total. The molecule has 0 aromatic carbocycles. The Morgan fingerprint density at radius 3 is 3.05 bits per heavy atom. The molecule has 20 heavy (non-hydrogen) atoms. The Labute approximate surface area is 118 Å². The van der Waals surface area contributed by atoms with Crippen LogP contribution in [0, 0.1) is 11.3 Å². The highest BCUT2D eigenvalue weighted by Crippen LogP contribution is 2.57. The molecular formula is C15H22N2O3. The van der Waals surface area contributed by atoms with Gasteiger partial charge in [0.15, 0.2) is 0 Å². The largest absolute Gasteiger partial charge is 0.467 e. The summed E-state index contributed by atoms with van der Waals surface area (Å²) in [5, 5.41) is 2.90. The summed E-state index contributed by atoms with van der Waals surface area (Å²) in [6, 6.07) is 3.64. The van der Waals surface area contributed by atoms with Gasteiger partial charge in [0.25, 0.3) is 0 Å². The van der Waals surface area contributed by atoms with Gasteiger partial charge in [-0.3, -0.25) is 4.79 Å². The fraction of sp³-hybridized carbons (Fsp3) is 0.667. The Hall–Kier alpha value is -1.33. The van der Waals surface area contributed by atoms with Crippen molar-refractivity contribution in [3.05, 3.63) is 24.2 Å². The molecule has 1 aliphatic heterocycles. The maximum absolute atomic E-state index is 12.6. The number of ether oxygens (including phenoxy) is 1. The minimum Gasteiger partial charge on any atom is -0.467 e. The lowest BCUT2D eigenvalue weighted by atomic mass is 9.46. The molecule has 1 amide bonds. The average molecular weight is 278 g/mol. The Kier molecular flexibility index (Phi) is 3.14. The molecule has 110 valence electrons. The summed E-state index contributed by atoms with van der Waals surface area (Å²) in [5.74, 6) is 0.740. The topological polar surface area (TPSA) is 77.5 Å². The number of rotatable bonds is 3. The van der Waals surface area contributed by atoms with Crippen molar-refractivity contribution in [1.29, 1.82) is 0 Å². The number of amides is 1. The van der Waals surface area contributed by atoms with Gasteiger partial charge in [-0.15, -0.1) is 0 Å². The van der Waals surface area contributed by atoms with Crippen molar-refractivity contribution in [3.8, 4) is 0 Å². The maximum atomic E-state index is 12.6. The molecule has 2 fully saturated rings. The maximum Gasteiger partial charge on any atom is 0.241 e. The third-order valence-corrected chi connectivity index (χ3v) is 5.06. The number of nitrogens with two attached hydrogens (primary N) is 1. The number of furan rings is 1. The van der Waals surface area contributed by atoms with Gasteiger partial charge in [0, 0.05) is 17.9 Å². The first-order valence-corrected chi connectivity index (χ1v) is 7.19. The highest BCUT2D eigenvalue weighted by molar-refractivity contribution is 5.89. The lowest BCUT2D eigenvalue weighted by molar-refractivity contribution is -0.225. The molecule has 5 nitrogen and oxygen atoms in total. The van der Waals surface area contributed by atoms with Gasteiger partial charge >= 0.3 is 0 Å². The zero-order valence-corrected chi connectivity index (χ0v) is 12.0. The standard InChI is InChI=1S/C15H22N2O3/c1-14(2)12-11(6-4-8-20-12)15(14,16)13(18)17-9-10-5-3-7-19-10/h3,5,7,11-12H,4,6,8-9,16H2,1-2H3,(H,17,18). The zero-order chi connectivity index (χ0) is 14.4. The van der Waals surface area contributed by atoms with Gasteiger partial charge in [-0.25, -0.2) is 0 Å². The number of carbonyl (C=O) groups excluding carboxylic acids is 1. The summed E-state index contributed by atoms with van der Waals surface area (Å²) >= 11 is 0. The first-order chi connectivity index (χ1) is 9.48. The fourth-order valence-electron chi connectivity index (χ4n) is 3.76.